The Morgan fingerprint density at radius 1 is 0.833 bits per heavy atom. The van der Waals surface area contributed by atoms with E-state index in [1.54, 1.807) is 0 Å². The van der Waals surface area contributed by atoms with Gasteiger partial charge < -0.3 is 15.7 Å². The van der Waals surface area contributed by atoms with E-state index in [0.717, 1.165) is 89.4 Å². The van der Waals surface area contributed by atoms with Crippen LogP contribution in [0.4, 0.5) is 0 Å². The highest BCUT2D eigenvalue weighted by Crippen LogP contribution is 2.32. The molecule has 1 aliphatic carbocycles. The first-order valence-electron chi connectivity index (χ1n) is 19.1. The van der Waals surface area contributed by atoms with E-state index in [4.69, 9.17) is 0 Å². The smallest absolute Gasteiger partial charge is 0.312 e. The lowest BCUT2D eigenvalue weighted by molar-refractivity contribution is -0.138. The van der Waals surface area contributed by atoms with E-state index < -0.39 is 11.9 Å². The van der Waals surface area contributed by atoms with Gasteiger partial charge in [0.2, 0.25) is 11.8 Å². The monoisotopic (exact) mass is 681 g/mol. The molecule has 48 heavy (non-hydrogen) atoms. The highest BCUT2D eigenvalue weighted by molar-refractivity contribution is 7.09. The third-order valence-corrected chi connectivity index (χ3v) is 10.8. The molecule has 1 aromatic heterocycles. The van der Waals surface area contributed by atoms with Crippen LogP contribution < -0.4 is 10.6 Å². The van der Waals surface area contributed by atoms with Gasteiger partial charge in [0, 0.05) is 43.4 Å². The average molecular weight is 682 g/mol. The molecular weight excluding hydrogens is 619 g/mol. The van der Waals surface area contributed by atoms with Crippen LogP contribution >= 0.6 is 11.3 Å². The average Bonchev–Trinajstić information content (AvgIpc) is 3.60. The van der Waals surface area contributed by atoms with Gasteiger partial charge in [-0.3, -0.25) is 19.3 Å². The van der Waals surface area contributed by atoms with Crippen molar-refractivity contribution in [1.82, 2.24) is 15.5 Å². The van der Waals surface area contributed by atoms with Crippen LogP contribution in [0.5, 0.6) is 0 Å². The summed E-state index contributed by atoms with van der Waals surface area (Å²) in [5.74, 6) is -1.46. The summed E-state index contributed by atoms with van der Waals surface area (Å²) in [7, 11) is 0. The number of aliphatic carboxylic acids is 1. The van der Waals surface area contributed by atoms with E-state index in [-0.39, 0.29) is 18.4 Å². The summed E-state index contributed by atoms with van der Waals surface area (Å²) >= 11 is 1.83. The van der Waals surface area contributed by atoms with Crippen molar-refractivity contribution < 1.29 is 19.5 Å². The van der Waals surface area contributed by atoms with Crippen LogP contribution in [-0.2, 0) is 33.6 Å². The van der Waals surface area contributed by atoms with Crippen LogP contribution in [0.25, 0.3) is 0 Å². The van der Waals surface area contributed by atoms with Gasteiger partial charge in [0.15, 0.2) is 0 Å². The molecule has 2 amide bonds. The minimum atomic E-state index is -0.870. The molecule has 0 saturated heterocycles. The van der Waals surface area contributed by atoms with Crippen molar-refractivity contribution in [3.05, 3.63) is 57.3 Å². The maximum Gasteiger partial charge on any atom is 0.312 e. The molecule has 0 spiro atoms. The van der Waals surface area contributed by atoms with Crippen LogP contribution in [-0.4, -0.2) is 60.0 Å². The molecule has 3 rings (SSSR count). The maximum absolute atomic E-state index is 12.7. The molecule has 1 aromatic carbocycles. The van der Waals surface area contributed by atoms with Crippen LogP contribution in [0, 0.1) is 0 Å². The Hall–Kier alpha value is -2.71. The third kappa shape index (κ3) is 14.8. The van der Waals surface area contributed by atoms with Gasteiger partial charge in [-0.05, 0) is 86.6 Å². The van der Waals surface area contributed by atoms with Crippen LogP contribution in [0.1, 0.15) is 144 Å². The predicted molar refractivity (Wildman–Crippen MR) is 199 cm³/mol. The van der Waals surface area contributed by atoms with Gasteiger partial charge >= 0.3 is 5.97 Å². The van der Waals surface area contributed by atoms with Crippen LogP contribution in [0.2, 0.25) is 0 Å². The van der Waals surface area contributed by atoms with E-state index in [9.17, 15) is 19.5 Å². The Bertz CT molecular complexity index is 1200. The fourth-order valence-electron chi connectivity index (χ4n) is 7.19. The number of fused-ring (bicyclic) bond motifs is 1. The van der Waals surface area contributed by atoms with Gasteiger partial charge in [0.1, 0.15) is 0 Å². The Morgan fingerprint density at radius 2 is 1.46 bits per heavy atom. The molecule has 7 nitrogen and oxygen atoms in total. The topological polar surface area (TPSA) is 98.7 Å². The molecule has 1 aliphatic rings. The largest absolute Gasteiger partial charge is 0.481 e. The minimum absolute atomic E-state index is 0.0435. The van der Waals surface area contributed by atoms with Crippen molar-refractivity contribution in [2.75, 3.05) is 26.2 Å². The zero-order chi connectivity index (χ0) is 34.4. The van der Waals surface area contributed by atoms with Gasteiger partial charge in [0.05, 0.1) is 5.92 Å². The number of carbonyl (C=O) groups is 3. The van der Waals surface area contributed by atoms with E-state index in [2.05, 4.69) is 46.0 Å². The molecule has 0 bridgehead atoms. The number of carboxylic acids is 1. The number of nitrogens with one attached hydrogen (secondary N) is 2. The quantitative estimate of drug-likeness (QED) is 0.0866. The highest BCUT2D eigenvalue weighted by atomic mass is 32.1. The molecule has 268 valence electrons. The Labute approximate surface area is 294 Å². The molecule has 3 N–H and O–H groups in total. The number of nitrogens with zero attached hydrogens (tertiary/aromatic N) is 1. The number of rotatable bonds is 26. The van der Waals surface area contributed by atoms with Gasteiger partial charge in [-0.15, -0.1) is 11.3 Å². The summed E-state index contributed by atoms with van der Waals surface area (Å²) in [5, 5.41) is 18.1. The molecule has 0 saturated carbocycles. The van der Waals surface area contributed by atoms with Gasteiger partial charge in [-0.25, -0.2) is 0 Å². The van der Waals surface area contributed by atoms with Crippen LogP contribution in [0.3, 0.4) is 0 Å². The second-order valence-electron chi connectivity index (χ2n) is 13.6. The molecule has 2 atom stereocenters. The number of unbranched alkanes of at least 4 members (excludes halogenated alkanes) is 11. The standard InChI is InChI=1S/C40H63N3O4S/c1-3-27-43(28-26-34-20-18-29-48-34)33-24-25-35-32(30-33)19-17-21-36(35)37(40(46)47)31-42-39(45)23-16-14-12-10-8-6-5-7-9-11-13-15-22-38(44)41-4-2/h17-21,29,33,37H,3-16,22-28,30-31H2,1-2H3,(H,41,44)(H,42,45)(H,46,47). The molecule has 0 fully saturated rings. The van der Waals surface area contributed by atoms with E-state index >= 15 is 0 Å². The fourth-order valence-corrected chi connectivity index (χ4v) is 7.89. The Balaban J connectivity index is 1.31. The Kier molecular flexibility index (Phi) is 19.5. The molecule has 8 heteroatoms. The minimum Gasteiger partial charge on any atom is -0.481 e. The number of amides is 2. The van der Waals surface area contributed by atoms with E-state index in [1.165, 1.54) is 60.9 Å². The molecule has 2 unspecified atom stereocenters. The normalized spacial score (nSPS) is 14.9. The van der Waals surface area contributed by atoms with Gasteiger partial charge in [0.25, 0.3) is 0 Å². The molecule has 0 aliphatic heterocycles. The first kappa shape index (κ1) is 39.7. The third-order valence-electron chi connectivity index (χ3n) is 9.85. The lowest BCUT2D eigenvalue weighted by atomic mass is 9.81. The maximum atomic E-state index is 12.7. The summed E-state index contributed by atoms with van der Waals surface area (Å²) in [5.41, 5.74) is 3.32. The lowest BCUT2D eigenvalue weighted by Gasteiger charge is -2.36. The SMILES string of the molecule is CCCN(CCc1cccs1)C1CCc2c(cccc2C(CNC(=O)CCCCCCCCCCCCCCC(=O)NCC)C(=O)O)C1. The lowest BCUT2D eigenvalue weighted by Crippen LogP contribution is -2.41. The summed E-state index contributed by atoms with van der Waals surface area (Å²) in [6.45, 7) is 7.20. The van der Waals surface area contributed by atoms with E-state index in [1.807, 2.05) is 30.4 Å². The number of thiophene rings is 1. The summed E-state index contributed by atoms with van der Waals surface area (Å²) in [4.78, 5) is 40.6. The van der Waals surface area contributed by atoms with Crippen LogP contribution in [0.15, 0.2) is 35.7 Å². The second-order valence-corrected chi connectivity index (χ2v) is 14.7. The predicted octanol–water partition coefficient (Wildman–Crippen LogP) is 8.44. The van der Waals surface area contributed by atoms with Crippen molar-refractivity contribution in [2.45, 2.75) is 148 Å². The highest BCUT2D eigenvalue weighted by Gasteiger charge is 2.29. The van der Waals surface area contributed by atoms with Crippen molar-refractivity contribution in [3.8, 4) is 0 Å². The second kappa shape index (κ2) is 23.6. The first-order chi connectivity index (χ1) is 23.4. The Morgan fingerprint density at radius 3 is 2.02 bits per heavy atom. The van der Waals surface area contributed by atoms with Crippen molar-refractivity contribution in [2.24, 2.45) is 0 Å². The number of carboxylic acid groups (broad SMARTS) is 1. The zero-order valence-corrected chi connectivity index (χ0v) is 30.7. The van der Waals surface area contributed by atoms with Gasteiger partial charge in [-0.2, -0.15) is 0 Å². The number of hydrogen-bond acceptors (Lipinski definition) is 5. The summed E-state index contributed by atoms with van der Waals surface area (Å²) in [6.07, 6.45) is 20.1. The fraction of sp³-hybridized carbons (Fsp3) is 0.675. The number of hydrogen-bond donors (Lipinski definition) is 3. The van der Waals surface area contributed by atoms with Gasteiger partial charge in [-0.1, -0.05) is 95.4 Å². The summed E-state index contributed by atoms with van der Waals surface area (Å²) < 4.78 is 0. The van der Waals surface area contributed by atoms with Crippen molar-refractivity contribution in [1.29, 1.82) is 0 Å². The molecule has 0 radical (unpaired) electrons. The van der Waals surface area contributed by atoms with Crippen molar-refractivity contribution in [3.63, 3.8) is 0 Å². The number of benzene rings is 1. The summed E-state index contributed by atoms with van der Waals surface area (Å²) in [6, 6.07) is 11.0. The molecule has 1 heterocycles. The molecular formula is C40H63N3O4S. The van der Waals surface area contributed by atoms with E-state index in [0.29, 0.717) is 18.9 Å². The van der Waals surface area contributed by atoms with Crippen molar-refractivity contribution >= 4 is 29.1 Å². The zero-order valence-electron chi connectivity index (χ0n) is 29.9. The molecule has 2 aromatic rings. The first-order valence-corrected chi connectivity index (χ1v) is 19.9. The number of carbonyl (C=O) groups excluding carboxylic acids is 2.